The molecule has 2 aliphatic carbocycles. The van der Waals surface area contributed by atoms with Crippen molar-refractivity contribution < 1.29 is 31.7 Å². The molecule has 9 rings (SSSR count). The van der Waals surface area contributed by atoms with Crippen molar-refractivity contribution in [1.82, 2.24) is 19.5 Å². The van der Waals surface area contributed by atoms with Crippen LogP contribution in [-0.4, -0.2) is 60.2 Å². The fraction of sp³-hybridized carbons (Fsp3) is 0.321. The number of aromatic nitrogens is 4. The maximum Gasteiger partial charge on any atom is 0.308 e. The molecule has 71 heavy (non-hydrogen) atoms. The molecule has 368 valence electrons. The van der Waals surface area contributed by atoms with Crippen LogP contribution in [0.2, 0.25) is 10.0 Å². The van der Waals surface area contributed by atoms with Crippen LogP contribution in [0.5, 0.6) is 0 Å². The first kappa shape index (κ1) is 51.9. The zero-order valence-electron chi connectivity index (χ0n) is 40.0. The van der Waals surface area contributed by atoms with Crippen LogP contribution < -0.4 is 11.5 Å². The number of aryl methyl sites for hydroxylation is 3. The van der Waals surface area contributed by atoms with Gasteiger partial charge < -0.3 is 30.5 Å². The summed E-state index contributed by atoms with van der Waals surface area (Å²) < 4.78 is 41.7. The quantitative estimate of drug-likeness (QED) is 0.0742. The second-order valence-corrected chi connectivity index (χ2v) is 20.1. The average Bonchev–Trinajstić information content (AvgIpc) is 3.95. The van der Waals surface area contributed by atoms with Crippen LogP contribution in [-0.2, 0) is 33.4 Å². The normalized spacial score (nSPS) is 17.7. The van der Waals surface area contributed by atoms with Crippen molar-refractivity contribution in [2.75, 3.05) is 25.7 Å². The highest BCUT2D eigenvalue weighted by molar-refractivity contribution is 7.86. The largest absolute Gasteiger partial charge is 0.469 e. The molecule has 4 heterocycles. The maximum atomic E-state index is 12.2. The molecule has 18 heteroatoms. The van der Waals surface area contributed by atoms with Gasteiger partial charge >= 0.3 is 11.9 Å². The number of hydrogen-bond donors (Lipinski definition) is 3. The van der Waals surface area contributed by atoms with E-state index in [-0.39, 0.29) is 34.7 Å². The number of esters is 2. The molecular formula is C53H54Cl2N8O7S. The van der Waals surface area contributed by atoms with Gasteiger partial charge in [0.25, 0.3) is 10.1 Å². The number of nitrogen functional groups attached to an aromatic ring is 2. The van der Waals surface area contributed by atoms with E-state index in [0.717, 1.165) is 99.3 Å². The fourth-order valence-corrected chi connectivity index (χ4v) is 10.8. The van der Waals surface area contributed by atoms with Crippen LogP contribution in [0.3, 0.4) is 0 Å². The number of nitrogens with zero attached hydrogens (tertiary/aromatic N) is 5. The first-order chi connectivity index (χ1) is 34.0. The van der Waals surface area contributed by atoms with Crippen molar-refractivity contribution in [3.05, 3.63) is 135 Å². The number of halogens is 2. The van der Waals surface area contributed by atoms with E-state index in [2.05, 4.69) is 35.4 Å². The lowest BCUT2D eigenvalue weighted by atomic mass is 9.85. The molecule has 0 aliphatic heterocycles. The van der Waals surface area contributed by atoms with Gasteiger partial charge in [0.2, 0.25) is 0 Å². The SMILES string of the molecule is COC(=O)C1CCCC(OS(=O)(=O)c2ccc(C)cc2)C1.[C-]#[N+]c1cc2c(-c3cncc(N)c3Cl)c[nH]c2cc1C.[C-]#[N+]c1cc2c(-c3cncc(N)c3Cl)cn(C3CCCC(C(=O)OC)C3)c2cc1C. The summed E-state index contributed by atoms with van der Waals surface area (Å²) in [6.45, 7) is 20.5. The van der Waals surface area contributed by atoms with Gasteiger partial charge in [0.15, 0.2) is 11.4 Å². The summed E-state index contributed by atoms with van der Waals surface area (Å²) in [6.07, 6.45) is 15.9. The molecule has 7 aromatic rings. The van der Waals surface area contributed by atoms with Gasteiger partial charge in [-0.2, -0.15) is 8.42 Å². The fourth-order valence-electron chi connectivity index (χ4n) is 9.28. The Balaban J connectivity index is 0.000000161. The lowest BCUT2D eigenvalue weighted by Gasteiger charge is -2.29. The standard InChI is InChI=1S/C23H23ClN4O2.C15H11ClN4.C15H20O5S/c1-13-7-21-16(9-20(13)26-2)18(17-10-27-11-19(25)22(17)24)12-28(21)15-6-4-5-14(8-15)23(29)30-3;1-8-3-14-9(4-13(8)18-2)10(6-20-14)11-5-19-7-12(17)15(11)16;1-11-6-8-14(9-7-11)21(17,18)20-13-5-3-4-12(10-13)15(16)19-2/h7,9-12,14-15H,4-6,8,25H2,1,3H3;3-7,20H,17H2,1H3;6-9,12-13H,3-5,10H2,1-2H3. The number of pyridine rings is 2. The molecule has 4 unspecified atom stereocenters. The Bertz CT molecular complexity index is 3320. The van der Waals surface area contributed by atoms with Gasteiger partial charge in [-0.1, -0.05) is 47.3 Å². The third kappa shape index (κ3) is 11.5. The van der Waals surface area contributed by atoms with E-state index >= 15 is 0 Å². The number of fused-ring (bicyclic) bond motifs is 2. The molecule has 4 atom stereocenters. The summed E-state index contributed by atoms with van der Waals surface area (Å²) in [5, 5.41) is 2.80. The Morgan fingerprint density at radius 2 is 1.28 bits per heavy atom. The number of carbonyl (C=O) groups is 2. The van der Waals surface area contributed by atoms with E-state index < -0.39 is 16.2 Å². The van der Waals surface area contributed by atoms with E-state index in [4.69, 9.17) is 61.5 Å². The Kier molecular flexibility index (Phi) is 16.4. The molecule has 0 saturated heterocycles. The highest BCUT2D eigenvalue weighted by Crippen LogP contribution is 2.44. The van der Waals surface area contributed by atoms with Crippen molar-refractivity contribution in [3.63, 3.8) is 0 Å². The molecule has 2 fully saturated rings. The molecule has 3 aromatic carbocycles. The molecule has 4 aromatic heterocycles. The van der Waals surface area contributed by atoms with Crippen LogP contribution >= 0.6 is 23.2 Å². The van der Waals surface area contributed by atoms with E-state index in [9.17, 15) is 18.0 Å². The van der Waals surface area contributed by atoms with Crippen LogP contribution in [0.15, 0.2) is 90.6 Å². The number of methoxy groups -OCH3 is 2. The minimum Gasteiger partial charge on any atom is -0.469 e. The lowest BCUT2D eigenvalue weighted by Crippen LogP contribution is -2.30. The first-order valence-corrected chi connectivity index (χ1v) is 25.1. The van der Waals surface area contributed by atoms with Crippen LogP contribution in [0.4, 0.5) is 22.7 Å². The number of nitrogens with two attached hydrogens (primary N) is 2. The third-order valence-electron chi connectivity index (χ3n) is 13.1. The molecule has 0 amide bonds. The number of rotatable bonds is 8. The Hall–Kier alpha value is -6.95. The number of anilines is 2. The molecule has 0 spiro atoms. The molecule has 2 aliphatic rings. The summed E-state index contributed by atoms with van der Waals surface area (Å²) in [7, 11) is -0.998. The van der Waals surface area contributed by atoms with Gasteiger partial charge in [-0.05, 0) is 124 Å². The van der Waals surface area contributed by atoms with Crippen molar-refractivity contribution in [2.24, 2.45) is 11.8 Å². The van der Waals surface area contributed by atoms with Crippen molar-refractivity contribution in [3.8, 4) is 22.3 Å². The molecule has 15 nitrogen and oxygen atoms in total. The summed E-state index contributed by atoms with van der Waals surface area (Å²) in [4.78, 5) is 42.6. The monoisotopic (exact) mass is 1020 g/mol. The van der Waals surface area contributed by atoms with Gasteiger partial charge in [-0.3, -0.25) is 23.7 Å². The van der Waals surface area contributed by atoms with Gasteiger partial charge in [0, 0.05) is 64.1 Å². The molecular weight excluding hydrogens is 964 g/mol. The molecule has 2 saturated carbocycles. The summed E-state index contributed by atoms with van der Waals surface area (Å²) in [6, 6.07) is 14.5. The van der Waals surface area contributed by atoms with Crippen LogP contribution in [0.1, 0.15) is 74.1 Å². The van der Waals surface area contributed by atoms with Gasteiger partial charge in [0.1, 0.15) is 0 Å². The summed E-state index contributed by atoms with van der Waals surface area (Å²) in [5.41, 5.74) is 22.0. The number of aromatic amines is 1. The van der Waals surface area contributed by atoms with Gasteiger partial charge in [-0.25, -0.2) is 9.69 Å². The smallest absolute Gasteiger partial charge is 0.308 e. The third-order valence-corrected chi connectivity index (χ3v) is 15.3. The van der Waals surface area contributed by atoms with Crippen molar-refractivity contribution >= 4 is 89.8 Å². The minimum atomic E-state index is -3.78. The van der Waals surface area contributed by atoms with Crippen LogP contribution in [0, 0.1) is 45.8 Å². The van der Waals surface area contributed by atoms with E-state index in [1.54, 1.807) is 24.5 Å². The number of H-pyrrole nitrogens is 1. The first-order valence-electron chi connectivity index (χ1n) is 22.9. The summed E-state index contributed by atoms with van der Waals surface area (Å²) >= 11 is 12.8. The number of nitrogens with one attached hydrogen (secondary N) is 1. The van der Waals surface area contributed by atoms with E-state index in [0.29, 0.717) is 45.6 Å². The maximum absolute atomic E-state index is 12.2. The number of ether oxygens (including phenoxy) is 2. The molecule has 0 radical (unpaired) electrons. The minimum absolute atomic E-state index is 0.101. The second kappa shape index (κ2) is 22.4. The number of benzene rings is 3. The topological polar surface area (TPSA) is 203 Å². The number of hydrogen-bond acceptors (Lipinski definition) is 11. The van der Waals surface area contributed by atoms with Gasteiger partial charge in [0.05, 0.1) is 84.0 Å². The van der Waals surface area contributed by atoms with E-state index in [1.165, 1.54) is 38.7 Å². The second-order valence-electron chi connectivity index (χ2n) is 17.8. The Labute approximate surface area is 423 Å². The van der Waals surface area contributed by atoms with Crippen LogP contribution in [0.25, 0.3) is 53.7 Å². The Morgan fingerprint density at radius 1 is 0.732 bits per heavy atom. The summed E-state index contributed by atoms with van der Waals surface area (Å²) in [5.74, 6) is -0.820. The highest BCUT2D eigenvalue weighted by Gasteiger charge is 2.33. The molecule has 0 bridgehead atoms. The molecule has 5 N–H and O–H groups in total. The highest BCUT2D eigenvalue weighted by atomic mass is 35.5. The van der Waals surface area contributed by atoms with Gasteiger partial charge in [-0.15, -0.1) is 0 Å². The van der Waals surface area contributed by atoms with Crippen molar-refractivity contribution in [2.45, 2.75) is 89.2 Å². The van der Waals surface area contributed by atoms with E-state index in [1.807, 2.05) is 51.2 Å². The average molecular weight is 1020 g/mol. The zero-order valence-corrected chi connectivity index (χ0v) is 42.3. The lowest BCUT2D eigenvalue weighted by molar-refractivity contribution is -0.148. The Morgan fingerprint density at radius 3 is 1.87 bits per heavy atom. The predicted octanol–water partition coefficient (Wildman–Crippen LogP) is 12.5. The van der Waals surface area contributed by atoms with Crippen molar-refractivity contribution in [1.29, 1.82) is 0 Å². The number of carbonyl (C=O) groups excluding carboxylic acids is 2. The predicted molar refractivity (Wildman–Crippen MR) is 278 cm³/mol. The zero-order chi connectivity index (χ0) is 51.1.